The number of unbranched alkanes of at least 4 members (excludes halogenated alkanes) is 2. The van der Waals surface area contributed by atoms with Crippen LogP contribution in [0.5, 0.6) is 0 Å². The topological polar surface area (TPSA) is 66.8 Å². The van der Waals surface area contributed by atoms with Crippen LogP contribution in [0.4, 0.5) is 0 Å². The van der Waals surface area contributed by atoms with E-state index >= 15 is 0 Å². The van der Waals surface area contributed by atoms with Crippen molar-refractivity contribution in [1.29, 1.82) is 0 Å². The van der Waals surface area contributed by atoms with E-state index in [1.54, 1.807) is 0 Å². The molecule has 0 heterocycles. The van der Waals surface area contributed by atoms with Crippen LogP contribution < -0.4 is 0 Å². The van der Waals surface area contributed by atoms with E-state index < -0.39 is 5.97 Å². The van der Waals surface area contributed by atoms with Gasteiger partial charge < -0.3 is 14.7 Å². The number of aliphatic carboxylic acids is 1. The van der Waals surface area contributed by atoms with Crippen molar-refractivity contribution in [3.05, 3.63) is 0 Å². The summed E-state index contributed by atoms with van der Waals surface area (Å²) in [4.78, 5) is 23.5. The average Bonchev–Trinajstić information content (AvgIpc) is 2.27. The number of ether oxygens (including phenoxy) is 1. The summed E-state index contributed by atoms with van der Waals surface area (Å²) in [6.07, 6.45) is 3.88. The molecule has 0 aliphatic carbocycles. The highest BCUT2D eigenvalue weighted by Gasteiger charge is 2.15. The molecule has 0 bridgehead atoms. The van der Waals surface area contributed by atoms with E-state index in [1.165, 1.54) is 4.90 Å². The molecular weight excluding hydrogens is 222 g/mol. The Morgan fingerprint density at radius 1 is 1.18 bits per heavy atom. The van der Waals surface area contributed by atoms with Gasteiger partial charge in [-0.15, -0.1) is 0 Å². The van der Waals surface area contributed by atoms with Crippen LogP contribution >= 0.6 is 0 Å². The van der Waals surface area contributed by atoms with Crippen molar-refractivity contribution in [1.82, 2.24) is 4.90 Å². The van der Waals surface area contributed by atoms with Gasteiger partial charge in [-0.05, 0) is 12.8 Å². The zero-order valence-electron chi connectivity index (χ0n) is 10.8. The first-order chi connectivity index (χ1) is 8.11. The lowest BCUT2D eigenvalue weighted by Crippen LogP contribution is -2.38. The first-order valence-electron chi connectivity index (χ1n) is 6.19. The van der Waals surface area contributed by atoms with E-state index in [4.69, 9.17) is 9.84 Å². The summed E-state index contributed by atoms with van der Waals surface area (Å²) in [6, 6.07) is 0. The van der Waals surface area contributed by atoms with Gasteiger partial charge in [0.15, 0.2) is 0 Å². The van der Waals surface area contributed by atoms with Gasteiger partial charge in [0.05, 0.1) is 0 Å². The Hall–Kier alpha value is -1.10. The number of rotatable bonds is 10. The van der Waals surface area contributed by atoms with E-state index in [9.17, 15) is 9.59 Å². The lowest BCUT2D eigenvalue weighted by atomic mass is 10.3. The molecular formula is C12H23NO4. The van der Waals surface area contributed by atoms with Crippen molar-refractivity contribution in [2.45, 2.75) is 39.5 Å². The quantitative estimate of drug-likeness (QED) is 0.592. The van der Waals surface area contributed by atoms with Crippen LogP contribution in [0.3, 0.4) is 0 Å². The molecule has 1 amide bonds. The van der Waals surface area contributed by atoms with Gasteiger partial charge in [0, 0.05) is 13.2 Å². The number of nitrogens with zero attached hydrogens (tertiary/aromatic N) is 1. The molecule has 0 fully saturated rings. The number of carboxylic acid groups (broad SMARTS) is 1. The molecule has 5 nitrogen and oxygen atoms in total. The van der Waals surface area contributed by atoms with Crippen molar-refractivity contribution in [2.24, 2.45) is 0 Å². The summed E-state index contributed by atoms with van der Waals surface area (Å²) >= 11 is 0. The van der Waals surface area contributed by atoms with Gasteiger partial charge in [-0.3, -0.25) is 9.59 Å². The van der Waals surface area contributed by atoms with E-state index in [0.717, 1.165) is 25.7 Å². The SMILES string of the molecule is CCCCCOCC(=O)N(CCC)CC(=O)O. The second-order valence-electron chi connectivity index (χ2n) is 3.97. The minimum atomic E-state index is -0.988. The van der Waals surface area contributed by atoms with Gasteiger partial charge in [-0.2, -0.15) is 0 Å². The standard InChI is InChI=1S/C12H23NO4/c1-3-5-6-8-17-10-11(14)13(7-4-2)9-12(15)16/h3-10H2,1-2H3,(H,15,16). The van der Waals surface area contributed by atoms with Crippen LogP contribution in [0.25, 0.3) is 0 Å². The molecule has 0 spiro atoms. The molecule has 0 saturated heterocycles. The molecule has 0 aromatic carbocycles. The number of hydrogen-bond acceptors (Lipinski definition) is 3. The molecule has 0 atom stereocenters. The maximum Gasteiger partial charge on any atom is 0.323 e. The molecule has 5 heteroatoms. The number of hydrogen-bond donors (Lipinski definition) is 1. The summed E-state index contributed by atoms with van der Waals surface area (Å²) in [5, 5.41) is 8.67. The third-order valence-corrected chi connectivity index (χ3v) is 2.29. The van der Waals surface area contributed by atoms with Crippen LogP contribution in [-0.2, 0) is 14.3 Å². The summed E-state index contributed by atoms with van der Waals surface area (Å²) < 4.78 is 5.22. The van der Waals surface area contributed by atoms with Crippen LogP contribution in [0.1, 0.15) is 39.5 Å². The monoisotopic (exact) mass is 245 g/mol. The van der Waals surface area contributed by atoms with Gasteiger partial charge in [0.25, 0.3) is 0 Å². The third kappa shape index (κ3) is 8.68. The Kier molecular flexibility index (Phi) is 9.43. The normalized spacial score (nSPS) is 10.2. The number of carbonyl (C=O) groups excluding carboxylic acids is 1. The molecule has 0 saturated carbocycles. The lowest BCUT2D eigenvalue weighted by Gasteiger charge is -2.19. The second kappa shape index (κ2) is 10.1. The van der Waals surface area contributed by atoms with Gasteiger partial charge in [0.1, 0.15) is 13.2 Å². The van der Waals surface area contributed by atoms with E-state index in [-0.39, 0.29) is 19.1 Å². The van der Waals surface area contributed by atoms with E-state index in [1.807, 2.05) is 6.92 Å². The zero-order valence-corrected chi connectivity index (χ0v) is 10.8. The fraction of sp³-hybridized carbons (Fsp3) is 0.833. The second-order valence-corrected chi connectivity index (χ2v) is 3.97. The van der Waals surface area contributed by atoms with Crippen LogP contribution in [0.2, 0.25) is 0 Å². The van der Waals surface area contributed by atoms with Gasteiger partial charge >= 0.3 is 5.97 Å². The Labute approximate surface area is 103 Å². The van der Waals surface area contributed by atoms with Gasteiger partial charge in [-0.25, -0.2) is 0 Å². The fourth-order valence-electron chi connectivity index (χ4n) is 1.43. The predicted molar refractivity (Wildman–Crippen MR) is 64.9 cm³/mol. The van der Waals surface area contributed by atoms with E-state index in [0.29, 0.717) is 13.2 Å². The average molecular weight is 245 g/mol. The first kappa shape index (κ1) is 15.9. The minimum absolute atomic E-state index is 0.0169. The number of carboxylic acids is 1. The van der Waals surface area contributed by atoms with Crippen LogP contribution in [0.15, 0.2) is 0 Å². The highest BCUT2D eigenvalue weighted by molar-refractivity contribution is 5.82. The van der Waals surface area contributed by atoms with Crippen molar-refractivity contribution in [3.8, 4) is 0 Å². The van der Waals surface area contributed by atoms with Gasteiger partial charge in [0.2, 0.25) is 5.91 Å². The number of amides is 1. The maximum atomic E-state index is 11.6. The van der Waals surface area contributed by atoms with Crippen molar-refractivity contribution >= 4 is 11.9 Å². The summed E-state index contributed by atoms with van der Waals surface area (Å²) in [5.41, 5.74) is 0. The van der Waals surface area contributed by atoms with Gasteiger partial charge in [-0.1, -0.05) is 26.7 Å². The molecule has 1 N–H and O–H groups in total. The molecule has 0 aliphatic heterocycles. The fourth-order valence-corrected chi connectivity index (χ4v) is 1.43. The molecule has 0 aromatic heterocycles. The van der Waals surface area contributed by atoms with Crippen molar-refractivity contribution in [2.75, 3.05) is 26.3 Å². The zero-order chi connectivity index (χ0) is 13.1. The maximum absolute atomic E-state index is 11.6. The molecule has 0 aliphatic rings. The molecule has 100 valence electrons. The Bertz CT molecular complexity index is 231. The Balaban J connectivity index is 3.84. The Morgan fingerprint density at radius 3 is 2.41 bits per heavy atom. The highest BCUT2D eigenvalue weighted by atomic mass is 16.5. The summed E-state index contributed by atoms with van der Waals surface area (Å²) in [6.45, 7) is 4.77. The van der Waals surface area contributed by atoms with Crippen LogP contribution in [0, 0.1) is 0 Å². The summed E-state index contributed by atoms with van der Waals surface area (Å²) in [7, 11) is 0. The molecule has 17 heavy (non-hydrogen) atoms. The molecule has 0 radical (unpaired) electrons. The van der Waals surface area contributed by atoms with Crippen LogP contribution in [-0.4, -0.2) is 48.2 Å². The Morgan fingerprint density at radius 2 is 1.88 bits per heavy atom. The summed E-state index contributed by atoms with van der Waals surface area (Å²) in [5.74, 6) is -1.23. The molecule has 0 rings (SSSR count). The van der Waals surface area contributed by atoms with E-state index in [2.05, 4.69) is 6.92 Å². The molecule has 0 unspecified atom stereocenters. The smallest absolute Gasteiger partial charge is 0.323 e. The molecule has 0 aromatic rings. The minimum Gasteiger partial charge on any atom is -0.480 e. The highest BCUT2D eigenvalue weighted by Crippen LogP contribution is 1.97. The van der Waals surface area contributed by atoms with Crippen molar-refractivity contribution < 1.29 is 19.4 Å². The first-order valence-corrected chi connectivity index (χ1v) is 6.19. The number of carbonyl (C=O) groups is 2. The largest absolute Gasteiger partial charge is 0.480 e. The van der Waals surface area contributed by atoms with Crippen molar-refractivity contribution in [3.63, 3.8) is 0 Å². The predicted octanol–water partition coefficient (Wildman–Crippen LogP) is 1.52. The third-order valence-electron chi connectivity index (χ3n) is 2.29. The lowest BCUT2D eigenvalue weighted by molar-refractivity contribution is -0.146.